The fraction of sp³-hybridized carbons (Fsp3) is 0.854. The van der Waals surface area contributed by atoms with Gasteiger partial charge in [-0.2, -0.15) is 0 Å². The minimum atomic E-state index is -0.494. The van der Waals surface area contributed by atoms with Gasteiger partial charge in [0.2, 0.25) is 0 Å². The van der Waals surface area contributed by atoms with Gasteiger partial charge < -0.3 is 24.4 Å². The number of carbonyl (C=O) groups excluding carboxylic acids is 2. The Morgan fingerprint density at radius 1 is 0.940 bits per heavy atom. The van der Waals surface area contributed by atoms with Crippen molar-refractivity contribution in [1.82, 2.24) is 20.2 Å². The maximum atomic E-state index is 14.0. The molecule has 12 atom stereocenters. The van der Waals surface area contributed by atoms with Crippen molar-refractivity contribution < 1.29 is 23.8 Å². The van der Waals surface area contributed by atoms with E-state index < -0.39 is 5.97 Å². The lowest BCUT2D eigenvalue weighted by atomic mass is 9.44. The van der Waals surface area contributed by atoms with Crippen LogP contribution in [0.3, 0.4) is 0 Å². The summed E-state index contributed by atoms with van der Waals surface area (Å²) in [6.07, 6.45) is 22.4. The van der Waals surface area contributed by atoms with Crippen LogP contribution in [0, 0.1) is 52.3 Å². The molecule has 1 aromatic heterocycles. The Balaban J connectivity index is 0.893. The quantitative estimate of drug-likeness (QED) is 0.304. The van der Waals surface area contributed by atoms with Gasteiger partial charge in [-0.3, -0.25) is 4.98 Å². The Morgan fingerprint density at radius 3 is 2.52 bits per heavy atom. The zero-order valence-electron chi connectivity index (χ0n) is 31.1. The second-order valence-electron chi connectivity index (χ2n) is 18.3. The number of amides is 2. The van der Waals surface area contributed by atoms with Crippen molar-refractivity contribution in [3.63, 3.8) is 0 Å². The molecule has 5 aliphatic carbocycles. The number of ether oxygens (including phenoxy) is 3. The summed E-state index contributed by atoms with van der Waals surface area (Å²) >= 11 is 0. The van der Waals surface area contributed by atoms with Gasteiger partial charge in [0.25, 0.3) is 0 Å². The molecule has 50 heavy (non-hydrogen) atoms. The second kappa shape index (κ2) is 13.6. The summed E-state index contributed by atoms with van der Waals surface area (Å²) in [5, 5.41) is 3.51. The van der Waals surface area contributed by atoms with Crippen molar-refractivity contribution in [2.24, 2.45) is 52.3 Å². The van der Waals surface area contributed by atoms with E-state index in [1.807, 2.05) is 4.90 Å². The van der Waals surface area contributed by atoms with Gasteiger partial charge >= 0.3 is 12.0 Å². The molecule has 9 heteroatoms. The number of nitrogens with one attached hydrogen (secondary N) is 1. The van der Waals surface area contributed by atoms with Crippen LogP contribution >= 0.6 is 0 Å². The summed E-state index contributed by atoms with van der Waals surface area (Å²) in [7, 11) is 0. The van der Waals surface area contributed by atoms with Crippen LogP contribution in [0.25, 0.3) is 0 Å². The van der Waals surface area contributed by atoms with E-state index in [9.17, 15) is 9.59 Å². The Kier molecular flexibility index (Phi) is 9.48. The normalized spacial score (nSPS) is 44.0. The molecule has 276 valence electrons. The van der Waals surface area contributed by atoms with E-state index in [0.29, 0.717) is 47.2 Å². The number of urea groups is 1. The van der Waals surface area contributed by atoms with Crippen LogP contribution in [-0.4, -0.2) is 70.6 Å². The molecule has 2 unspecified atom stereocenters. The smallest absolute Gasteiger partial charge is 0.358 e. The SMILES string of the molecule is C[C@H]1CC[C@@]2(OC1)O[C@H]1CC3[C@@H]4CC[C@@H]5C[C@H](NC(=O)N(CCOC(=O)c6cnccn6)C6CCCCC6)CC[C@]5(C)C4CC[C@]3(C)[C@H]1[C@@H]2C. The van der Waals surface area contributed by atoms with E-state index in [-0.39, 0.29) is 36.2 Å². The van der Waals surface area contributed by atoms with Crippen molar-refractivity contribution in [3.8, 4) is 0 Å². The van der Waals surface area contributed by atoms with Crippen LogP contribution in [0.15, 0.2) is 18.6 Å². The summed E-state index contributed by atoms with van der Waals surface area (Å²) in [6.45, 7) is 11.4. The largest absolute Gasteiger partial charge is 0.459 e. The highest BCUT2D eigenvalue weighted by atomic mass is 16.7. The maximum Gasteiger partial charge on any atom is 0.358 e. The summed E-state index contributed by atoms with van der Waals surface area (Å²) in [6, 6.07) is 0.415. The van der Waals surface area contributed by atoms with E-state index in [1.54, 1.807) is 0 Å². The lowest BCUT2D eigenvalue weighted by Crippen LogP contribution is -2.57. The monoisotopic (exact) mass is 690 g/mol. The number of hydrogen-bond acceptors (Lipinski definition) is 7. The topological polar surface area (TPSA) is 103 Å². The van der Waals surface area contributed by atoms with E-state index in [2.05, 4.69) is 43.0 Å². The van der Waals surface area contributed by atoms with Crippen LogP contribution in [0.4, 0.5) is 4.79 Å². The Hall–Kier alpha value is -2.26. The number of esters is 1. The summed E-state index contributed by atoms with van der Waals surface area (Å²) in [4.78, 5) is 36.5. The average Bonchev–Trinajstić information content (AvgIpc) is 3.57. The molecular weight excluding hydrogens is 628 g/mol. The number of hydrogen-bond donors (Lipinski definition) is 1. The molecule has 9 nitrogen and oxygen atoms in total. The van der Waals surface area contributed by atoms with Crippen molar-refractivity contribution in [2.45, 2.75) is 148 Å². The van der Waals surface area contributed by atoms with Crippen LogP contribution < -0.4 is 5.32 Å². The van der Waals surface area contributed by atoms with Gasteiger partial charge in [0.15, 0.2) is 11.5 Å². The Labute approximate surface area is 299 Å². The van der Waals surface area contributed by atoms with Gasteiger partial charge in [-0.15, -0.1) is 0 Å². The standard InChI is InChI=1S/C41H62N4O5/c1-26-12-17-41(49-25-26)27(2)36-35(50-41)23-33-31-11-10-28-22-29(13-15-39(28,3)32(31)14-16-40(33,36)4)44-38(47)45(30-8-6-5-7-9-30)20-21-48-37(46)34-24-42-18-19-43-34/h18-19,24,26-33,35-36H,5-17,20-23,25H2,1-4H3,(H,44,47)/t26-,27-,28+,29+,31+,32?,33?,35-,36-,39-,40-,41+/m0/s1. The first-order chi connectivity index (χ1) is 24.1. The molecule has 1 spiro atoms. The Morgan fingerprint density at radius 2 is 1.76 bits per heavy atom. The molecule has 0 radical (unpaired) electrons. The highest BCUT2D eigenvalue weighted by Crippen LogP contribution is 2.71. The van der Waals surface area contributed by atoms with Crippen LogP contribution in [0.1, 0.15) is 134 Å². The predicted molar refractivity (Wildman–Crippen MR) is 190 cm³/mol. The molecule has 2 aliphatic heterocycles. The van der Waals surface area contributed by atoms with E-state index in [0.717, 1.165) is 69.3 Å². The van der Waals surface area contributed by atoms with Gasteiger partial charge in [-0.1, -0.05) is 47.0 Å². The van der Waals surface area contributed by atoms with Gasteiger partial charge in [-0.25, -0.2) is 14.6 Å². The van der Waals surface area contributed by atoms with Crippen LogP contribution in [0.2, 0.25) is 0 Å². The van der Waals surface area contributed by atoms with E-state index in [4.69, 9.17) is 14.2 Å². The number of rotatable bonds is 6. The number of fused-ring (bicyclic) bond motifs is 7. The fourth-order valence-corrected chi connectivity index (χ4v) is 13.2. The number of carbonyl (C=O) groups is 2. The molecule has 5 saturated carbocycles. The second-order valence-corrected chi connectivity index (χ2v) is 18.3. The average molecular weight is 691 g/mol. The van der Waals surface area contributed by atoms with E-state index in [1.165, 1.54) is 70.0 Å². The third-order valence-electron chi connectivity index (χ3n) is 15.9. The van der Waals surface area contributed by atoms with Crippen LogP contribution in [-0.2, 0) is 14.2 Å². The number of nitrogens with zero attached hydrogens (tertiary/aromatic N) is 3. The molecule has 2 amide bonds. The first-order valence-corrected chi connectivity index (χ1v) is 20.4. The molecule has 2 saturated heterocycles. The van der Waals surface area contributed by atoms with Crippen molar-refractivity contribution in [1.29, 1.82) is 0 Å². The summed E-state index contributed by atoms with van der Waals surface area (Å²) in [5.74, 6) is 3.85. The third-order valence-corrected chi connectivity index (χ3v) is 15.9. The molecule has 3 heterocycles. The van der Waals surface area contributed by atoms with Crippen molar-refractivity contribution in [2.75, 3.05) is 19.8 Å². The highest BCUT2D eigenvalue weighted by molar-refractivity contribution is 5.86. The molecule has 0 aromatic carbocycles. The summed E-state index contributed by atoms with van der Waals surface area (Å²) in [5.41, 5.74) is 0.887. The summed E-state index contributed by atoms with van der Waals surface area (Å²) < 4.78 is 19.1. The predicted octanol–water partition coefficient (Wildman–Crippen LogP) is 7.79. The first-order valence-electron chi connectivity index (χ1n) is 20.4. The van der Waals surface area contributed by atoms with Crippen molar-refractivity contribution in [3.05, 3.63) is 24.3 Å². The lowest BCUT2D eigenvalue weighted by Gasteiger charge is -2.61. The molecule has 8 rings (SSSR count). The van der Waals surface area contributed by atoms with Gasteiger partial charge in [0.1, 0.15) is 6.61 Å². The third kappa shape index (κ3) is 5.98. The molecule has 7 aliphatic rings. The minimum Gasteiger partial charge on any atom is -0.459 e. The minimum absolute atomic E-state index is 0.0176. The van der Waals surface area contributed by atoms with Crippen molar-refractivity contribution >= 4 is 12.0 Å². The molecule has 1 N–H and O–H groups in total. The van der Waals surface area contributed by atoms with Gasteiger partial charge in [0.05, 0.1) is 25.5 Å². The molecule has 0 bridgehead atoms. The highest BCUT2D eigenvalue weighted by Gasteiger charge is 2.69. The molecular formula is C41H62N4O5. The van der Waals surface area contributed by atoms with Gasteiger partial charge in [0, 0.05) is 36.8 Å². The fourth-order valence-electron chi connectivity index (χ4n) is 13.2. The first kappa shape index (κ1) is 34.8. The Bertz CT molecular complexity index is 1380. The molecule has 1 aromatic rings. The zero-order valence-corrected chi connectivity index (χ0v) is 31.1. The zero-order chi connectivity index (χ0) is 34.7. The molecule has 7 fully saturated rings. The lowest BCUT2D eigenvalue weighted by molar-refractivity contribution is -0.273. The van der Waals surface area contributed by atoms with Crippen LogP contribution in [0.5, 0.6) is 0 Å². The maximum absolute atomic E-state index is 14.0. The van der Waals surface area contributed by atoms with Gasteiger partial charge in [-0.05, 0) is 117 Å². The van der Waals surface area contributed by atoms with E-state index >= 15 is 0 Å². The number of aromatic nitrogens is 2.